The number of aryl methyl sites for hydroxylation is 1. The molecular weight excluding hydrogens is 394 g/mol. The molecule has 4 rings (SSSR count). The first-order valence-electron chi connectivity index (χ1n) is 10.7. The summed E-state index contributed by atoms with van der Waals surface area (Å²) in [4.78, 5) is 18.6. The van der Waals surface area contributed by atoms with Crippen LogP contribution in [0.2, 0.25) is 0 Å². The van der Waals surface area contributed by atoms with Crippen LogP contribution in [0.1, 0.15) is 49.9 Å². The molecule has 0 aliphatic heterocycles. The Kier molecular flexibility index (Phi) is 5.91. The average Bonchev–Trinajstić information content (AvgIpc) is 3.11. The van der Waals surface area contributed by atoms with E-state index in [1.54, 1.807) is 37.5 Å². The molecule has 164 valence electrons. The number of aliphatic hydroxyl groups is 1. The smallest absolute Gasteiger partial charge is 0.256 e. The number of benzene rings is 1. The van der Waals surface area contributed by atoms with E-state index in [2.05, 4.69) is 20.5 Å². The molecule has 1 aliphatic carbocycles. The van der Waals surface area contributed by atoms with Crippen molar-refractivity contribution in [2.24, 2.45) is 18.9 Å². The van der Waals surface area contributed by atoms with Gasteiger partial charge in [-0.1, -0.05) is 0 Å². The fourth-order valence-electron chi connectivity index (χ4n) is 4.23. The second-order valence-electron chi connectivity index (χ2n) is 8.88. The number of carbonyl (C=O) groups is 1. The van der Waals surface area contributed by atoms with Gasteiger partial charge in [0.05, 0.1) is 5.60 Å². The van der Waals surface area contributed by atoms with Gasteiger partial charge in [0.15, 0.2) is 0 Å². The summed E-state index contributed by atoms with van der Waals surface area (Å²) in [7, 11) is 1.76. The van der Waals surface area contributed by atoms with Crippen LogP contribution in [0.25, 0.3) is 11.0 Å². The molecule has 2 N–H and O–H groups in total. The van der Waals surface area contributed by atoms with E-state index in [9.17, 15) is 9.90 Å². The highest BCUT2D eigenvalue weighted by molar-refractivity contribution is 5.96. The summed E-state index contributed by atoms with van der Waals surface area (Å²) in [6, 6.07) is 8.82. The van der Waals surface area contributed by atoms with E-state index in [4.69, 9.17) is 4.74 Å². The molecule has 1 aromatic carbocycles. The minimum absolute atomic E-state index is 0.201. The number of hydrogen-bond acceptors (Lipinski definition) is 6. The molecule has 8 heteroatoms. The number of nitrogens with zero attached hydrogens (tertiary/aromatic N) is 4. The quantitative estimate of drug-likeness (QED) is 0.629. The summed E-state index contributed by atoms with van der Waals surface area (Å²) in [5.74, 6) is 1.35. The molecule has 2 heterocycles. The van der Waals surface area contributed by atoms with Gasteiger partial charge in [0.2, 0.25) is 5.88 Å². The number of amides is 1. The van der Waals surface area contributed by atoms with Crippen molar-refractivity contribution in [1.82, 2.24) is 25.3 Å². The third-order valence-electron chi connectivity index (χ3n) is 6.08. The maximum Gasteiger partial charge on any atom is 0.256 e. The Morgan fingerprint density at radius 2 is 1.94 bits per heavy atom. The average molecular weight is 424 g/mol. The first-order valence-corrected chi connectivity index (χ1v) is 10.7. The van der Waals surface area contributed by atoms with Crippen LogP contribution in [0.4, 0.5) is 0 Å². The lowest BCUT2D eigenvalue weighted by Crippen LogP contribution is -2.37. The molecule has 8 nitrogen and oxygen atoms in total. The predicted molar refractivity (Wildman–Crippen MR) is 117 cm³/mol. The molecule has 1 fully saturated rings. The summed E-state index contributed by atoms with van der Waals surface area (Å²) in [5, 5.41) is 21.8. The molecule has 0 atom stereocenters. The summed E-state index contributed by atoms with van der Waals surface area (Å²) in [6.45, 7) is 4.37. The Bertz CT molecular complexity index is 1060. The van der Waals surface area contributed by atoms with E-state index in [0.717, 1.165) is 31.2 Å². The van der Waals surface area contributed by atoms with Gasteiger partial charge in [-0.15, -0.1) is 0 Å². The zero-order valence-electron chi connectivity index (χ0n) is 18.2. The minimum atomic E-state index is -0.634. The maximum absolute atomic E-state index is 12.8. The Hall–Kier alpha value is -3.00. The standard InChI is InChI=1S/C23H29N5O3/c1-23(2,30)16-8-6-15(7-9-16)14-25-21(29)18-5-4-12-24-22(18)31-17-10-11-19-20(13-17)27-28(3)26-19/h4-5,10-13,15-16,30H,6-9,14H2,1-3H3,(H,25,29). The van der Waals surface area contributed by atoms with Crippen LogP contribution in [0.5, 0.6) is 11.6 Å². The SMILES string of the molecule is Cn1nc2ccc(Oc3ncccc3C(=O)NCC3CCC(C(C)(C)O)CC3)cc2n1. The van der Waals surface area contributed by atoms with Crippen molar-refractivity contribution in [3.8, 4) is 11.6 Å². The predicted octanol–water partition coefficient (Wildman–Crippen LogP) is 3.46. The lowest BCUT2D eigenvalue weighted by molar-refractivity contribution is -0.00575. The van der Waals surface area contributed by atoms with Crippen LogP contribution in [0.15, 0.2) is 36.5 Å². The first kappa shape index (κ1) is 21.2. The van der Waals surface area contributed by atoms with E-state index in [1.807, 2.05) is 19.9 Å². The minimum Gasteiger partial charge on any atom is -0.438 e. The van der Waals surface area contributed by atoms with Gasteiger partial charge in [-0.25, -0.2) is 4.98 Å². The van der Waals surface area contributed by atoms with Crippen LogP contribution in [-0.4, -0.2) is 43.1 Å². The van der Waals surface area contributed by atoms with Crippen molar-refractivity contribution in [2.45, 2.75) is 45.1 Å². The number of nitrogens with one attached hydrogen (secondary N) is 1. The molecule has 0 radical (unpaired) electrons. The molecule has 1 aliphatic rings. The van der Waals surface area contributed by atoms with Gasteiger partial charge in [-0.2, -0.15) is 15.0 Å². The van der Waals surface area contributed by atoms with Crippen molar-refractivity contribution in [2.75, 3.05) is 6.54 Å². The molecule has 2 aromatic heterocycles. The fourth-order valence-corrected chi connectivity index (χ4v) is 4.23. The number of pyridine rings is 1. The number of fused-ring (bicyclic) bond motifs is 1. The van der Waals surface area contributed by atoms with Gasteiger partial charge in [0.25, 0.3) is 5.91 Å². The molecule has 1 amide bonds. The zero-order valence-corrected chi connectivity index (χ0v) is 18.2. The van der Waals surface area contributed by atoms with E-state index >= 15 is 0 Å². The van der Waals surface area contributed by atoms with Gasteiger partial charge in [-0.05, 0) is 75.6 Å². The van der Waals surface area contributed by atoms with Crippen molar-refractivity contribution in [1.29, 1.82) is 0 Å². The van der Waals surface area contributed by atoms with Crippen molar-refractivity contribution < 1.29 is 14.6 Å². The van der Waals surface area contributed by atoms with E-state index in [-0.39, 0.29) is 11.8 Å². The second kappa shape index (κ2) is 8.63. The van der Waals surface area contributed by atoms with Gasteiger partial charge in [-0.3, -0.25) is 4.79 Å². The van der Waals surface area contributed by atoms with Crippen molar-refractivity contribution in [3.05, 3.63) is 42.1 Å². The zero-order chi connectivity index (χ0) is 22.0. The Morgan fingerprint density at radius 1 is 1.19 bits per heavy atom. The monoisotopic (exact) mass is 423 g/mol. The van der Waals surface area contributed by atoms with Crippen LogP contribution < -0.4 is 10.1 Å². The maximum atomic E-state index is 12.8. The Morgan fingerprint density at radius 3 is 2.68 bits per heavy atom. The lowest BCUT2D eigenvalue weighted by atomic mass is 9.75. The fraction of sp³-hybridized carbons (Fsp3) is 0.478. The van der Waals surface area contributed by atoms with Gasteiger partial charge in [0.1, 0.15) is 22.3 Å². The molecule has 3 aromatic rings. The third kappa shape index (κ3) is 5.02. The number of ether oxygens (including phenoxy) is 1. The van der Waals surface area contributed by atoms with E-state index < -0.39 is 5.60 Å². The van der Waals surface area contributed by atoms with Crippen molar-refractivity contribution >= 4 is 16.9 Å². The summed E-state index contributed by atoms with van der Waals surface area (Å²) < 4.78 is 5.91. The first-order chi connectivity index (χ1) is 14.8. The molecule has 1 saturated carbocycles. The van der Waals surface area contributed by atoms with Crippen LogP contribution in [0, 0.1) is 11.8 Å². The molecule has 31 heavy (non-hydrogen) atoms. The third-order valence-corrected chi connectivity index (χ3v) is 6.08. The number of carbonyl (C=O) groups excluding carboxylic acids is 1. The van der Waals surface area contributed by atoms with Crippen LogP contribution in [-0.2, 0) is 7.05 Å². The second-order valence-corrected chi connectivity index (χ2v) is 8.88. The number of hydrogen-bond donors (Lipinski definition) is 2. The highest BCUT2D eigenvalue weighted by Gasteiger charge is 2.31. The summed E-state index contributed by atoms with van der Waals surface area (Å²) >= 11 is 0. The summed E-state index contributed by atoms with van der Waals surface area (Å²) in [6.07, 6.45) is 5.57. The number of aromatic nitrogens is 4. The van der Waals surface area contributed by atoms with Crippen molar-refractivity contribution in [3.63, 3.8) is 0 Å². The molecule has 0 saturated heterocycles. The molecular formula is C23H29N5O3. The van der Waals surface area contributed by atoms with Crippen LogP contribution >= 0.6 is 0 Å². The number of rotatable bonds is 6. The van der Waals surface area contributed by atoms with E-state index in [0.29, 0.717) is 35.2 Å². The topological polar surface area (TPSA) is 102 Å². The Balaban J connectivity index is 1.39. The highest BCUT2D eigenvalue weighted by atomic mass is 16.5. The molecule has 0 unspecified atom stereocenters. The van der Waals surface area contributed by atoms with Crippen LogP contribution in [0.3, 0.4) is 0 Å². The normalized spacial score (nSPS) is 19.4. The largest absolute Gasteiger partial charge is 0.438 e. The lowest BCUT2D eigenvalue weighted by Gasteiger charge is -2.35. The van der Waals surface area contributed by atoms with E-state index in [1.165, 1.54) is 4.80 Å². The van der Waals surface area contributed by atoms with Gasteiger partial charge in [0, 0.05) is 25.9 Å². The summed E-state index contributed by atoms with van der Waals surface area (Å²) in [5.41, 5.74) is 1.24. The van der Waals surface area contributed by atoms with Gasteiger partial charge < -0.3 is 15.2 Å². The molecule has 0 spiro atoms. The molecule has 0 bridgehead atoms. The Labute approximate surface area is 181 Å². The van der Waals surface area contributed by atoms with Gasteiger partial charge >= 0.3 is 0 Å². The highest BCUT2D eigenvalue weighted by Crippen LogP contribution is 2.35.